The van der Waals surface area contributed by atoms with Crippen molar-refractivity contribution in [3.05, 3.63) is 64.2 Å². The van der Waals surface area contributed by atoms with Crippen LogP contribution < -0.4 is 16.0 Å². The highest BCUT2D eigenvalue weighted by Crippen LogP contribution is 2.57. The molecular weight excluding hydrogens is 502 g/mol. The number of aryl methyl sites for hydroxylation is 1. The number of rotatable bonds is 5. The lowest BCUT2D eigenvalue weighted by atomic mass is 9.49. The van der Waals surface area contributed by atoms with E-state index in [9.17, 15) is 9.59 Å². The molecule has 4 rings (SSSR count). The van der Waals surface area contributed by atoms with E-state index in [1.165, 1.54) is 16.7 Å². The van der Waals surface area contributed by atoms with Gasteiger partial charge in [0.05, 0.1) is 16.1 Å². The molecule has 1 saturated carbocycles. The largest absolute Gasteiger partial charge is 0.351 e. The number of carbonyl (C=O) groups is 2. The van der Waals surface area contributed by atoms with Crippen molar-refractivity contribution >= 4 is 46.4 Å². The van der Waals surface area contributed by atoms with Gasteiger partial charge in [-0.15, -0.1) is 0 Å². The topological polar surface area (TPSA) is 70.2 Å². The fourth-order valence-corrected chi connectivity index (χ4v) is 6.94. The van der Waals surface area contributed by atoms with Gasteiger partial charge in [-0.25, -0.2) is 0 Å². The lowest BCUT2D eigenvalue weighted by Gasteiger charge is -2.54. The number of nitrogens with one attached hydrogen (secondary N) is 3. The number of anilines is 1. The van der Waals surface area contributed by atoms with Crippen LogP contribution in [0, 0.1) is 11.3 Å². The number of para-hydroxylation sites is 1. The van der Waals surface area contributed by atoms with E-state index in [-0.39, 0.29) is 28.3 Å². The third-order valence-corrected chi connectivity index (χ3v) is 9.21. The molecular formula is C30H38ClN3O2S. The van der Waals surface area contributed by atoms with E-state index in [2.05, 4.69) is 61.8 Å². The monoisotopic (exact) mass is 539 g/mol. The Labute approximate surface area is 231 Å². The Bertz CT molecular complexity index is 1220. The second kappa shape index (κ2) is 10.7. The number of fused-ring (bicyclic) bond motifs is 3. The molecule has 0 spiro atoms. The predicted molar refractivity (Wildman–Crippen MR) is 155 cm³/mol. The Morgan fingerprint density at radius 1 is 1.08 bits per heavy atom. The average molecular weight is 540 g/mol. The molecule has 2 aromatic carbocycles. The summed E-state index contributed by atoms with van der Waals surface area (Å²) in [6.45, 7) is 10.6. The fraction of sp³-hybridized carbons (Fsp3) is 0.500. The maximum Gasteiger partial charge on any atom is 0.246 e. The van der Waals surface area contributed by atoms with Crippen molar-refractivity contribution < 1.29 is 9.59 Å². The van der Waals surface area contributed by atoms with Crippen LogP contribution in [0.5, 0.6) is 0 Å². The van der Waals surface area contributed by atoms with Crippen LogP contribution in [0.2, 0.25) is 5.02 Å². The van der Waals surface area contributed by atoms with Crippen LogP contribution >= 0.6 is 23.8 Å². The van der Waals surface area contributed by atoms with Crippen molar-refractivity contribution in [2.45, 2.75) is 84.1 Å². The highest BCUT2D eigenvalue weighted by atomic mass is 35.5. The van der Waals surface area contributed by atoms with Gasteiger partial charge >= 0.3 is 0 Å². The summed E-state index contributed by atoms with van der Waals surface area (Å²) in [4.78, 5) is 26.4. The highest BCUT2D eigenvalue weighted by Gasteiger charge is 2.55. The molecule has 0 radical (unpaired) electrons. The standard InChI is InChI=1S/C30H38ClN3O2S/c1-18(2)20-11-13-22-21(17-20)12-14-25-29(22,4)15-8-16-30(25,5)27(36)34-28(37)32-19(3)26(35)33-24-10-7-6-9-23(24)31/h6-7,9-11,13,17-19,25H,8,12,14-16H2,1-5H3,(H,33,35)(H2,32,34,36,37)/t19-,25+,29+,30+/m0/s1. The first kappa shape index (κ1) is 27.6. The Kier molecular flexibility index (Phi) is 8.01. The summed E-state index contributed by atoms with van der Waals surface area (Å²) in [5.74, 6) is 0.364. The molecule has 3 N–H and O–H groups in total. The molecule has 0 aromatic heterocycles. The predicted octanol–water partition coefficient (Wildman–Crippen LogP) is 6.49. The maximum absolute atomic E-state index is 13.7. The smallest absolute Gasteiger partial charge is 0.246 e. The van der Waals surface area contributed by atoms with Crippen molar-refractivity contribution in [1.29, 1.82) is 0 Å². The Balaban J connectivity index is 1.44. The molecule has 0 saturated heterocycles. The Hall–Kier alpha value is -2.44. The fourth-order valence-electron chi connectivity index (χ4n) is 6.49. The number of amides is 2. The zero-order chi connectivity index (χ0) is 27.0. The van der Waals surface area contributed by atoms with Crippen LogP contribution in [-0.4, -0.2) is 23.0 Å². The van der Waals surface area contributed by atoms with Crippen LogP contribution in [0.3, 0.4) is 0 Å². The van der Waals surface area contributed by atoms with Crippen LogP contribution in [0.15, 0.2) is 42.5 Å². The van der Waals surface area contributed by atoms with Crippen molar-refractivity contribution in [1.82, 2.24) is 10.6 Å². The third kappa shape index (κ3) is 5.42. The first-order chi connectivity index (χ1) is 17.5. The van der Waals surface area contributed by atoms with Gasteiger partial charge in [-0.2, -0.15) is 0 Å². The molecule has 0 heterocycles. The summed E-state index contributed by atoms with van der Waals surface area (Å²) >= 11 is 11.6. The van der Waals surface area contributed by atoms with Gasteiger partial charge in [0, 0.05) is 0 Å². The quantitative estimate of drug-likeness (QED) is 0.380. The minimum absolute atomic E-state index is 0.0510. The summed E-state index contributed by atoms with van der Waals surface area (Å²) in [6, 6.07) is 13.4. The Morgan fingerprint density at radius 3 is 2.51 bits per heavy atom. The van der Waals surface area contributed by atoms with Crippen molar-refractivity contribution in [2.75, 3.05) is 5.32 Å². The lowest BCUT2D eigenvalue weighted by molar-refractivity contribution is -0.137. The molecule has 4 atom stereocenters. The van der Waals surface area contributed by atoms with Gasteiger partial charge in [-0.05, 0) is 90.9 Å². The van der Waals surface area contributed by atoms with E-state index in [0.717, 1.165) is 32.1 Å². The number of thiocarbonyl (C=S) groups is 1. The van der Waals surface area contributed by atoms with E-state index >= 15 is 0 Å². The molecule has 198 valence electrons. The highest BCUT2D eigenvalue weighted by molar-refractivity contribution is 7.80. The van der Waals surface area contributed by atoms with Gasteiger partial charge in [-0.1, -0.05) is 76.0 Å². The number of hydrogen-bond donors (Lipinski definition) is 3. The van der Waals surface area contributed by atoms with Crippen molar-refractivity contribution in [3.8, 4) is 0 Å². The maximum atomic E-state index is 13.7. The molecule has 0 bridgehead atoms. The molecule has 5 nitrogen and oxygen atoms in total. The minimum Gasteiger partial charge on any atom is -0.351 e. The molecule has 0 aliphatic heterocycles. The molecule has 0 unspecified atom stereocenters. The van der Waals surface area contributed by atoms with E-state index in [4.69, 9.17) is 23.8 Å². The first-order valence-corrected chi connectivity index (χ1v) is 14.0. The van der Waals surface area contributed by atoms with E-state index in [1.54, 1.807) is 31.2 Å². The van der Waals surface area contributed by atoms with Crippen LogP contribution in [0.25, 0.3) is 0 Å². The van der Waals surface area contributed by atoms with Crippen LogP contribution in [-0.2, 0) is 21.4 Å². The number of benzene rings is 2. The van der Waals surface area contributed by atoms with E-state index < -0.39 is 11.5 Å². The second-order valence-electron chi connectivity index (χ2n) is 11.5. The van der Waals surface area contributed by atoms with Gasteiger partial charge in [0.25, 0.3) is 0 Å². The van der Waals surface area contributed by atoms with Gasteiger partial charge < -0.3 is 16.0 Å². The Morgan fingerprint density at radius 2 is 1.81 bits per heavy atom. The minimum atomic E-state index is -0.648. The third-order valence-electron chi connectivity index (χ3n) is 8.66. The van der Waals surface area contributed by atoms with E-state index in [1.807, 2.05) is 0 Å². The van der Waals surface area contributed by atoms with Gasteiger partial charge in [0.1, 0.15) is 6.04 Å². The van der Waals surface area contributed by atoms with Gasteiger partial charge in [0.15, 0.2) is 5.11 Å². The molecule has 2 aromatic rings. The van der Waals surface area contributed by atoms with Gasteiger partial charge in [-0.3, -0.25) is 9.59 Å². The van der Waals surface area contributed by atoms with Crippen LogP contribution in [0.4, 0.5) is 5.69 Å². The zero-order valence-corrected chi connectivity index (χ0v) is 24.0. The van der Waals surface area contributed by atoms with Gasteiger partial charge in [0.2, 0.25) is 11.8 Å². The molecule has 37 heavy (non-hydrogen) atoms. The molecule has 7 heteroatoms. The summed E-state index contributed by atoms with van der Waals surface area (Å²) in [5, 5.41) is 9.31. The normalized spacial score (nSPS) is 25.4. The zero-order valence-electron chi connectivity index (χ0n) is 22.4. The second-order valence-corrected chi connectivity index (χ2v) is 12.3. The summed E-state index contributed by atoms with van der Waals surface area (Å²) in [5.41, 5.74) is 4.15. The molecule has 2 aliphatic carbocycles. The lowest BCUT2D eigenvalue weighted by Crippen LogP contribution is -2.58. The van der Waals surface area contributed by atoms with Crippen LogP contribution in [0.1, 0.15) is 82.9 Å². The van der Waals surface area contributed by atoms with E-state index in [0.29, 0.717) is 16.6 Å². The SMILES string of the molecule is CC(C)c1ccc2c(c1)CC[C@H]1[C@](C)(C(=O)NC(=S)N[C@@H](C)C(=O)Nc3ccccc3Cl)CCC[C@]21C. The summed E-state index contributed by atoms with van der Waals surface area (Å²) < 4.78 is 0. The summed E-state index contributed by atoms with van der Waals surface area (Å²) in [6.07, 6.45) is 4.85. The number of halogens is 1. The average Bonchev–Trinajstić information content (AvgIpc) is 2.84. The first-order valence-electron chi connectivity index (χ1n) is 13.3. The van der Waals surface area contributed by atoms with Crippen molar-refractivity contribution in [2.24, 2.45) is 11.3 Å². The molecule has 1 fully saturated rings. The van der Waals surface area contributed by atoms with Crippen molar-refractivity contribution in [3.63, 3.8) is 0 Å². The number of carbonyl (C=O) groups excluding carboxylic acids is 2. The molecule has 2 aliphatic rings. The summed E-state index contributed by atoms with van der Waals surface area (Å²) in [7, 11) is 0. The number of hydrogen-bond acceptors (Lipinski definition) is 3. The molecule has 2 amide bonds.